The maximum atomic E-state index is 13.6. The van der Waals surface area contributed by atoms with Crippen LogP contribution in [0.4, 0.5) is 5.69 Å². The summed E-state index contributed by atoms with van der Waals surface area (Å²) in [5.74, 6) is -4.12. The van der Waals surface area contributed by atoms with Gasteiger partial charge in [0.25, 0.3) is 0 Å². The van der Waals surface area contributed by atoms with Gasteiger partial charge in [-0.2, -0.15) is 0 Å². The molecule has 164 valence electrons. The number of imide groups is 1. The molecule has 3 amide bonds. The van der Waals surface area contributed by atoms with Gasteiger partial charge in [0.2, 0.25) is 17.7 Å². The smallest absolute Gasteiger partial charge is 0.303 e. The number of benzene rings is 2. The summed E-state index contributed by atoms with van der Waals surface area (Å²) in [5.41, 5.74) is 0.370. The zero-order chi connectivity index (χ0) is 22.6. The van der Waals surface area contributed by atoms with Gasteiger partial charge in [0.1, 0.15) is 5.54 Å². The number of aliphatic carboxylic acids is 1. The number of nitrogens with zero attached hydrogens (tertiary/aromatic N) is 1. The van der Waals surface area contributed by atoms with E-state index in [1.807, 2.05) is 0 Å². The molecule has 3 N–H and O–H groups in total. The number of fused-ring (bicyclic) bond motifs is 4. The first-order chi connectivity index (χ1) is 15.3. The molecule has 2 fully saturated rings. The molecule has 2 saturated heterocycles. The van der Waals surface area contributed by atoms with Crippen LogP contribution < -0.4 is 10.6 Å². The molecule has 0 radical (unpaired) electrons. The van der Waals surface area contributed by atoms with Crippen molar-refractivity contribution in [3.63, 3.8) is 0 Å². The molecule has 0 aliphatic carbocycles. The lowest BCUT2D eigenvalue weighted by atomic mass is 9.76. The third-order valence-corrected chi connectivity index (χ3v) is 7.04. The molecular weight excluding hydrogens is 434 g/mol. The minimum Gasteiger partial charge on any atom is -0.481 e. The second kappa shape index (κ2) is 7.43. The Bertz CT molecular complexity index is 1170. The summed E-state index contributed by atoms with van der Waals surface area (Å²) in [5, 5.41) is 15.7. The van der Waals surface area contributed by atoms with Crippen LogP contribution in [0.1, 0.15) is 24.0 Å². The monoisotopic (exact) mass is 453 g/mol. The fourth-order valence-corrected chi connectivity index (χ4v) is 5.49. The summed E-state index contributed by atoms with van der Waals surface area (Å²) in [6.07, 6.45) is -0.0706. The first kappa shape index (κ1) is 20.7. The molecule has 32 heavy (non-hydrogen) atoms. The van der Waals surface area contributed by atoms with Gasteiger partial charge in [-0.15, -0.1) is 0 Å². The summed E-state index contributed by atoms with van der Waals surface area (Å²) < 4.78 is 0. The molecule has 3 aliphatic rings. The summed E-state index contributed by atoms with van der Waals surface area (Å²) in [4.78, 5) is 52.8. The molecule has 0 saturated carbocycles. The van der Waals surface area contributed by atoms with E-state index in [0.29, 0.717) is 21.8 Å². The Morgan fingerprint density at radius 1 is 1.06 bits per heavy atom. The molecule has 0 bridgehead atoms. The molecule has 2 aromatic rings. The van der Waals surface area contributed by atoms with Crippen molar-refractivity contribution in [3.05, 3.63) is 64.7 Å². The highest BCUT2D eigenvalue weighted by Gasteiger charge is 2.70. The van der Waals surface area contributed by atoms with Crippen LogP contribution in [-0.4, -0.2) is 39.7 Å². The van der Waals surface area contributed by atoms with Crippen LogP contribution in [0.25, 0.3) is 0 Å². The Labute approximate surface area is 188 Å². The molecule has 2 aromatic carbocycles. The van der Waals surface area contributed by atoms with Crippen molar-refractivity contribution in [2.75, 3.05) is 5.32 Å². The molecule has 3 aliphatic heterocycles. The molecule has 0 aromatic heterocycles. The highest BCUT2D eigenvalue weighted by molar-refractivity contribution is 6.31. The van der Waals surface area contributed by atoms with E-state index in [-0.39, 0.29) is 19.4 Å². The van der Waals surface area contributed by atoms with E-state index >= 15 is 0 Å². The lowest BCUT2D eigenvalue weighted by Crippen LogP contribution is -2.53. The molecule has 8 nitrogen and oxygen atoms in total. The van der Waals surface area contributed by atoms with Gasteiger partial charge >= 0.3 is 5.97 Å². The van der Waals surface area contributed by atoms with Crippen molar-refractivity contribution in [2.24, 2.45) is 11.8 Å². The number of rotatable bonds is 5. The fraction of sp³-hybridized carbons (Fsp3) is 0.304. The van der Waals surface area contributed by atoms with Gasteiger partial charge in [-0.1, -0.05) is 48.0 Å². The number of amides is 3. The number of likely N-dealkylation sites (tertiary alicyclic amines) is 1. The van der Waals surface area contributed by atoms with Gasteiger partial charge in [-0.05, 0) is 24.1 Å². The van der Waals surface area contributed by atoms with Crippen LogP contribution in [0, 0.1) is 11.8 Å². The number of para-hydroxylation sites is 1. The number of anilines is 1. The number of nitrogens with one attached hydrogen (secondary N) is 2. The zero-order valence-corrected chi connectivity index (χ0v) is 17.6. The first-order valence-corrected chi connectivity index (χ1v) is 10.7. The molecule has 2 unspecified atom stereocenters. The van der Waals surface area contributed by atoms with E-state index < -0.39 is 47.1 Å². The minimum atomic E-state index is -1.42. The summed E-state index contributed by atoms with van der Waals surface area (Å²) in [7, 11) is 0. The van der Waals surface area contributed by atoms with E-state index in [1.54, 1.807) is 48.5 Å². The quantitative estimate of drug-likeness (QED) is 0.597. The number of hydrogen-bond acceptors (Lipinski definition) is 5. The maximum Gasteiger partial charge on any atom is 0.303 e. The standard InChI is InChI=1S/C23H20ClN3O5/c24-14-7-3-1-5-12(14)11-27-20(30)18-16(9-10-17(28)29)26-23(19(18)21(27)31)13-6-2-4-8-15(13)25-22(23)32/h1-8,16,18-19,26H,9-11H2,(H,25,32)(H,28,29)/t16?,18-,19+,23?/m1/s1. The van der Waals surface area contributed by atoms with Crippen molar-refractivity contribution < 1.29 is 24.3 Å². The zero-order valence-electron chi connectivity index (χ0n) is 16.9. The number of carboxylic acid groups (broad SMARTS) is 1. The Morgan fingerprint density at radius 3 is 2.53 bits per heavy atom. The molecule has 1 spiro atoms. The average molecular weight is 454 g/mol. The van der Waals surface area contributed by atoms with Gasteiger partial charge in [-0.3, -0.25) is 29.4 Å². The summed E-state index contributed by atoms with van der Waals surface area (Å²) in [6.45, 7) is -0.00463. The minimum absolute atomic E-state index is 0.00463. The predicted octanol–water partition coefficient (Wildman–Crippen LogP) is 2.13. The van der Waals surface area contributed by atoms with Gasteiger partial charge < -0.3 is 10.4 Å². The average Bonchev–Trinajstić information content (AvgIpc) is 3.34. The number of carboxylic acids is 1. The second-order valence-corrected chi connectivity index (χ2v) is 8.76. The highest BCUT2D eigenvalue weighted by Crippen LogP contribution is 2.53. The van der Waals surface area contributed by atoms with Crippen molar-refractivity contribution >= 4 is 41.0 Å². The van der Waals surface area contributed by atoms with Crippen molar-refractivity contribution in [2.45, 2.75) is 31.0 Å². The van der Waals surface area contributed by atoms with Gasteiger partial charge in [-0.25, -0.2) is 0 Å². The molecular formula is C23H20ClN3O5. The number of carbonyl (C=O) groups excluding carboxylic acids is 3. The molecule has 5 rings (SSSR count). The van der Waals surface area contributed by atoms with E-state index in [1.165, 1.54) is 0 Å². The summed E-state index contributed by atoms with van der Waals surface area (Å²) >= 11 is 6.25. The van der Waals surface area contributed by atoms with E-state index in [9.17, 15) is 24.3 Å². The highest BCUT2D eigenvalue weighted by atomic mass is 35.5. The van der Waals surface area contributed by atoms with Crippen LogP contribution in [0.2, 0.25) is 5.02 Å². The van der Waals surface area contributed by atoms with Crippen molar-refractivity contribution in [1.29, 1.82) is 0 Å². The van der Waals surface area contributed by atoms with Crippen LogP contribution in [0.3, 0.4) is 0 Å². The maximum absolute atomic E-state index is 13.6. The lowest BCUT2D eigenvalue weighted by Gasteiger charge is -2.29. The topological polar surface area (TPSA) is 116 Å². The normalized spacial score (nSPS) is 28.2. The third-order valence-electron chi connectivity index (χ3n) is 6.67. The number of halogens is 1. The largest absolute Gasteiger partial charge is 0.481 e. The van der Waals surface area contributed by atoms with Gasteiger partial charge in [0, 0.05) is 28.7 Å². The Kier molecular flexibility index (Phi) is 4.79. The second-order valence-electron chi connectivity index (χ2n) is 8.35. The Morgan fingerprint density at radius 2 is 1.78 bits per heavy atom. The lowest BCUT2D eigenvalue weighted by molar-refractivity contribution is -0.144. The molecule has 3 heterocycles. The van der Waals surface area contributed by atoms with Gasteiger partial charge in [0.05, 0.1) is 18.4 Å². The van der Waals surface area contributed by atoms with Gasteiger partial charge in [0.15, 0.2) is 0 Å². The van der Waals surface area contributed by atoms with Crippen LogP contribution in [0.5, 0.6) is 0 Å². The number of hydrogen-bond donors (Lipinski definition) is 3. The van der Waals surface area contributed by atoms with Crippen molar-refractivity contribution in [3.8, 4) is 0 Å². The number of carbonyl (C=O) groups is 4. The Balaban J connectivity index is 1.58. The van der Waals surface area contributed by atoms with E-state index in [4.69, 9.17) is 11.6 Å². The van der Waals surface area contributed by atoms with Crippen LogP contribution >= 0.6 is 11.6 Å². The van der Waals surface area contributed by atoms with Crippen LogP contribution in [-0.2, 0) is 31.3 Å². The first-order valence-electron chi connectivity index (χ1n) is 10.3. The fourth-order valence-electron chi connectivity index (χ4n) is 5.30. The van der Waals surface area contributed by atoms with Crippen molar-refractivity contribution in [1.82, 2.24) is 10.2 Å². The third kappa shape index (κ3) is 2.87. The molecule has 4 atom stereocenters. The van der Waals surface area contributed by atoms with Crippen LogP contribution in [0.15, 0.2) is 48.5 Å². The van der Waals surface area contributed by atoms with E-state index in [2.05, 4.69) is 10.6 Å². The summed E-state index contributed by atoms with van der Waals surface area (Å²) in [6, 6.07) is 13.4. The SMILES string of the molecule is O=C(O)CCC1NC2(C(=O)Nc3ccccc32)[C@@H]2C(=O)N(Cc3ccccc3Cl)C(=O)[C@H]12. The predicted molar refractivity (Wildman–Crippen MR) is 115 cm³/mol. The molecule has 9 heteroatoms. The Hall–Kier alpha value is -3.23. The van der Waals surface area contributed by atoms with E-state index in [0.717, 1.165) is 4.90 Å².